The minimum absolute atomic E-state index is 0.0593. The zero-order valence-corrected chi connectivity index (χ0v) is 16.3. The minimum Gasteiger partial charge on any atom is -0.368 e. The van der Waals surface area contributed by atoms with Crippen LogP contribution in [0.5, 0.6) is 0 Å². The lowest BCUT2D eigenvalue weighted by Gasteiger charge is -2.36. The average molecular weight is 388 g/mol. The van der Waals surface area contributed by atoms with Crippen molar-refractivity contribution < 1.29 is 8.42 Å². The standard InChI is InChI=1S/C19H25N5O2S/c1-15-3-2-4-17(13-15)23-8-10-24(11-9-23)19-20-7-5-18(22-19)21-16-6-12-27(25,26)14-16/h2-5,7,13,16H,6,8-12,14H2,1H3,(H,20,21,22). The molecule has 1 aromatic carbocycles. The van der Waals surface area contributed by atoms with E-state index in [0.29, 0.717) is 18.2 Å². The van der Waals surface area contributed by atoms with Crippen molar-refractivity contribution in [2.45, 2.75) is 19.4 Å². The molecule has 4 rings (SSSR count). The quantitative estimate of drug-likeness (QED) is 0.856. The lowest BCUT2D eigenvalue weighted by atomic mass is 10.2. The van der Waals surface area contributed by atoms with Crippen molar-refractivity contribution in [1.82, 2.24) is 9.97 Å². The molecule has 3 heterocycles. The van der Waals surface area contributed by atoms with Crippen LogP contribution < -0.4 is 15.1 Å². The average Bonchev–Trinajstić information content (AvgIpc) is 3.00. The van der Waals surface area contributed by atoms with Crippen LogP contribution in [0, 0.1) is 6.92 Å². The van der Waals surface area contributed by atoms with Crippen LogP contribution in [0.2, 0.25) is 0 Å². The molecule has 2 fully saturated rings. The number of hydrogen-bond donors (Lipinski definition) is 1. The van der Waals surface area contributed by atoms with E-state index in [1.165, 1.54) is 11.3 Å². The number of aryl methyl sites for hydroxylation is 1. The molecule has 2 aliphatic heterocycles. The van der Waals surface area contributed by atoms with E-state index in [4.69, 9.17) is 0 Å². The molecule has 1 aromatic heterocycles. The molecule has 8 heteroatoms. The smallest absolute Gasteiger partial charge is 0.227 e. The minimum atomic E-state index is -2.90. The number of benzene rings is 1. The molecule has 0 spiro atoms. The van der Waals surface area contributed by atoms with E-state index in [1.54, 1.807) is 12.3 Å². The predicted octanol–water partition coefficient (Wildman–Crippen LogP) is 1.71. The highest BCUT2D eigenvalue weighted by atomic mass is 32.2. The summed E-state index contributed by atoms with van der Waals surface area (Å²) in [6.45, 7) is 5.67. The second-order valence-electron chi connectivity index (χ2n) is 7.30. The van der Waals surface area contributed by atoms with E-state index >= 15 is 0 Å². The number of nitrogens with zero attached hydrogens (tertiary/aromatic N) is 4. The summed E-state index contributed by atoms with van der Waals surface area (Å²) >= 11 is 0. The molecule has 0 saturated carbocycles. The van der Waals surface area contributed by atoms with Gasteiger partial charge in [-0.3, -0.25) is 0 Å². The van der Waals surface area contributed by atoms with E-state index in [9.17, 15) is 8.42 Å². The van der Waals surface area contributed by atoms with Gasteiger partial charge in [0.15, 0.2) is 9.84 Å². The Morgan fingerprint density at radius 2 is 1.89 bits per heavy atom. The maximum Gasteiger partial charge on any atom is 0.227 e. The topological polar surface area (TPSA) is 78.4 Å². The highest BCUT2D eigenvalue weighted by Crippen LogP contribution is 2.21. The Labute approximate surface area is 160 Å². The van der Waals surface area contributed by atoms with E-state index in [0.717, 1.165) is 26.2 Å². The third-order valence-corrected chi connectivity index (χ3v) is 6.92. The first-order chi connectivity index (χ1) is 13.0. The van der Waals surface area contributed by atoms with Crippen molar-refractivity contribution in [2.75, 3.05) is 52.8 Å². The van der Waals surface area contributed by atoms with E-state index in [1.807, 2.05) is 0 Å². The second kappa shape index (κ2) is 7.34. The molecule has 2 aromatic rings. The fourth-order valence-electron chi connectivity index (χ4n) is 3.69. The first-order valence-electron chi connectivity index (χ1n) is 9.35. The summed E-state index contributed by atoms with van der Waals surface area (Å²) < 4.78 is 23.3. The molecule has 0 radical (unpaired) electrons. The molecule has 1 unspecified atom stereocenters. The Hall–Kier alpha value is -2.35. The number of sulfone groups is 1. The Balaban J connectivity index is 1.38. The van der Waals surface area contributed by atoms with Crippen LogP contribution in [0.25, 0.3) is 0 Å². The van der Waals surface area contributed by atoms with Crippen molar-refractivity contribution in [3.05, 3.63) is 42.1 Å². The van der Waals surface area contributed by atoms with Gasteiger partial charge in [-0.05, 0) is 37.1 Å². The van der Waals surface area contributed by atoms with Gasteiger partial charge in [-0.1, -0.05) is 12.1 Å². The van der Waals surface area contributed by atoms with Crippen molar-refractivity contribution in [3.63, 3.8) is 0 Å². The summed E-state index contributed by atoms with van der Waals surface area (Å²) in [6, 6.07) is 10.3. The van der Waals surface area contributed by atoms with Crippen LogP contribution in [-0.4, -0.2) is 62.1 Å². The molecule has 2 aliphatic rings. The van der Waals surface area contributed by atoms with Crippen molar-refractivity contribution in [3.8, 4) is 0 Å². The molecular formula is C19H25N5O2S. The van der Waals surface area contributed by atoms with Gasteiger partial charge in [-0.2, -0.15) is 4.98 Å². The molecule has 7 nitrogen and oxygen atoms in total. The monoisotopic (exact) mass is 387 g/mol. The third-order valence-electron chi connectivity index (χ3n) is 5.16. The lowest BCUT2D eigenvalue weighted by Crippen LogP contribution is -2.47. The normalized spacial score (nSPS) is 22.0. The largest absolute Gasteiger partial charge is 0.368 e. The summed E-state index contributed by atoms with van der Waals surface area (Å²) in [6.07, 6.45) is 2.37. The number of anilines is 3. The first kappa shape index (κ1) is 18.0. The summed E-state index contributed by atoms with van der Waals surface area (Å²) in [7, 11) is -2.90. The van der Waals surface area contributed by atoms with Gasteiger partial charge < -0.3 is 15.1 Å². The zero-order chi connectivity index (χ0) is 18.9. The van der Waals surface area contributed by atoms with E-state index in [2.05, 4.69) is 56.3 Å². The zero-order valence-electron chi connectivity index (χ0n) is 15.5. The number of hydrogen-bond acceptors (Lipinski definition) is 7. The molecule has 2 saturated heterocycles. The van der Waals surface area contributed by atoms with E-state index in [-0.39, 0.29) is 17.5 Å². The van der Waals surface area contributed by atoms with Crippen LogP contribution >= 0.6 is 0 Å². The summed E-state index contributed by atoms with van der Waals surface area (Å²) in [5.74, 6) is 1.83. The lowest BCUT2D eigenvalue weighted by molar-refractivity contribution is 0.602. The summed E-state index contributed by atoms with van der Waals surface area (Å²) in [5, 5.41) is 3.25. The molecule has 0 amide bonds. The Morgan fingerprint density at radius 1 is 1.11 bits per heavy atom. The summed E-state index contributed by atoms with van der Waals surface area (Å²) in [5.41, 5.74) is 2.53. The molecule has 1 atom stereocenters. The van der Waals surface area contributed by atoms with Crippen molar-refractivity contribution in [1.29, 1.82) is 0 Å². The van der Waals surface area contributed by atoms with E-state index < -0.39 is 9.84 Å². The third kappa shape index (κ3) is 4.32. The molecule has 144 valence electrons. The molecule has 0 aliphatic carbocycles. The molecular weight excluding hydrogens is 362 g/mol. The van der Waals surface area contributed by atoms with Crippen molar-refractivity contribution >= 4 is 27.3 Å². The molecule has 1 N–H and O–H groups in total. The van der Waals surface area contributed by atoms with Crippen LogP contribution in [0.3, 0.4) is 0 Å². The second-order valence-corrected chi connectivity index (χ2v) is 9.53. The fourth-order valence-corrected chi connectivity index (χ4v) is 5.36. The van der Waals surface area contributed by atoms with Gasteiger partial charge in [0.25, 0.3) is 0 Å². The van der Waals surface area contributed by atoms with Crippen LogP contribution in [0.4, 0.5) is 17.5 Å². The number of piperazine rings is 1. The summed E-state index contributed by atoms with van der Waals surface area (Å²) in [4.78, 5) is 13.6. The van der Waals surface area contributed by atoms with Crippen LogP contribution in [-0.2, 0) is 9.84 Å². The maximum absolute atomic E-state index is 11.6. The Kier molecular flexibility index (Phi) is 4.90. The van der Waals surface area contributed by atoms with Crippen LogP contribution in [0.1, 0.15) is 12.0 Å². The maximum atomic E-state index is 11.6. The molecule has 0 bridgehead atoms. The van der Waals surface area contributed by atoms with Gasteiger partial charge in [0.05, 0.1) is 11.5 Å². The van der Waals surface area contributed by atoms with Gasteiger partial charge in [-0.15, -0.1) is 0 Å². The van der Waals surface area contributed by atoms with Gasteiger partial charge in [0, 0.05) is 44.1 Å². The van der Waals surface area contributed by atoms with Crippen LogP contribution in [0.15, 0.2) is 36.5 Å². The number of aromatic nitrogens is 2. The number of rotatable bonds is 4. The predicted molar refractivity (Wildman–Crippen MR) is 108 cm³/mol. The highest BCUT2D eigenvalue weighted by Gasteiger charge is 2.28. The van der Waals surface area contributed by atoms with Crippen molar-refractivity contribution in [2.24, 2.45) is 0 Å². The van der Waals surface area contributed by atoms with Gasteiger partial charge in [0.1, 0.15) is 5.82 Å². The molecule has 27 heavy (non-hydrogen) atoms. The van der Waals surface area contributed by atoms with Gasteiger partial charge in [0.2, 0.25) is 5.95 Å². The Bertz CT molecular complexity index is 910. The first-order valence-corrected chi connectivity index (χ1v) is 11.2. The SMILES string of the molecule is Cc1cccc(N2CCN(c3nccc(NC4CCS(=O)(=O)C4)n3)CC2)c1. The van der Waals surface area contributed by atoms with Gasteiger partial charge >= 0.3 is 0 Å². The van der Waals surface area contributed by atoms with Gasteiger partial charge in [-0.25, -0.2) is 13.4 Å². The fraction of sp³-hybridized carbons (Fsp3) is 0.474. The highest BCUT2D eigenvalue weighted by molar-refractivity contribution is 7.91. The number of nitrogens with one attached hydrogen (secondary N) is 1. The Morgan fingerprint density at radius 3 is 2.59 bits per heavy atom.